The van der Waals surface area contributed by atoms with Gasteiger partial charge in [-0.25, -0.2) is 0 Å². The first kappa shape index (κ1) is 3.65. The van der Waals surface area contributed by atoms with Gasteiger partial charge in [-0.2, -0.15) is 0 Å². The van der Waals surface area contributed by atoms with E-state index in [1.165, 1.54) is 6.92 Å². The summed E-state index contributed by atoms with van der Waals surface area (Å²) in [6.45, 7) is 3.60. The van der Waals surface area contributed by atoms with Gasteiger partial charge in [0.05, 0.1) is 0 Å². The molecule has 0 unspecified atom stereocenters. The Hall–Kier alpha value is -0.530. The summed E-state index contributed by atoms with van der Waals surface area (Å²) in [6, 6.07) is 0. The minimum atomic E-state index is -0.206. The van der Waals surface area contributed by atoms with Crippen molar-refractivity contribution in [1.82, 2.24) is 5.31 Å². The molecule has 0 heterocycles. The average molecular weight is 88.1 g/mol. The Bertz CT molecular complexity index is 74.1. The van der Waals surface area contributed by atoms with E-state index in [1.807, 2.05) is 0 Å². The zero-order chi connectivity index (χ0) is 5.86. The Labute approximate surface area is 39.0 Å². The highest BCUT2D eigenvalue weighted by Gasteiger charge is 1.78. The van der Waals surface area contributed by atoms with Crippen molar-refractivity contribution < 1.29 is 6.21 Å². The SMILES string of the molecule is [2H]N(CC)C(C)=O. The highest BCUT2D eigenvalue weighted by atomic mass is 16.1. The molecule has 0 aliphatic carbocycles. The molecule has 0 aromatic rings. The standard InChI is InChI=1S/C4H9NO/c1-3-5-4(2)6/h3H2,1-2H3,(H,5,6)/i/hD. The molecule has 0 saturated heterocycles. The van der Waals surface area contributed by atoms with E-state index in [1.54, 1.807) is 6.92 Å². The molecule has 6 heavy (non-hydrogen) atoms. The van der Waals surface area contributed by atoms with Crippen molar-refractivity contribution in [3.8, 4) is 0 Å². The highest BCUT2D eigenvalue weighted by Crippen LogP contribution is 1.54. The van der Waals surface area contributed by atoms with Crippen LogP contribution in [0.15, 0.2) is 0 Å². The van der Waals surface area contributed by atoms with E-state index < -0.39 is 0 Å². The molecule has 0 spiro atoms. The van der Waals surface area contributed by atoms with Crippen LogP contribution >= 0.6 is 0 Å². The van der Waals surface area contributed by atoms with Crippen molar-refractivity contribution in [2.45, 2.75) is 13.8 Å². The summed E-state index contributed by atoms with van der Waals surface area (Å²) in [5, 5.41) is 0.903. The predicted molar refractivity (Wildman–Crippen MR) is 24.4 cm³/mol. The van der Waals surface area contributed by atoms with Crippen molar-refractivity contribution >= 4 is 5.91 Å². The molecule has 2 nitrogen and oxygen atoms in total. The van der Waals surface area contributed by atoms with E-state index in [0.29, 0.717) is 6.54 Å². The minimum absolute atomic E-state index is 0.206. The second-order valence-corrected chi connectivity index (χ2v) is 0.993. The molecule has 1 amide bonds. The number of hydrogen-bond acceptors (Lipinski definition) is 1. The first-order valence-corrected chi connectivity index (χ1v) is 1.95. The molecule has 0 aliphatic rings. The van der Waals surface area contributed by atoms with Gasteiger partial charge in [0.1, 0.15) is 0 Å². The maximum Gasteiger partial charge on any atom is 0.216 e. The van der Waals surface area contributed by atoms with Gasteiger partial charge >= 0.3 is 0 Å². The topological polar surface area (TPSA) is 29.1 Å². The summed E-state index contributed by atoms with van der Waals surface area (Å²) < 4.78 is 6.76. The summed E-state index contributed by atoms with van der Waals surface area (Å²) >= 11 is 0. The van der Waals surface area contributed by atoms with Crippen molar-refractivity contribution in [1.29, 1.82) is 0 Å². The number of amides is 1. The number of nitrogens with one attached hydrogen (secondary N) is 1. The van der Waals surface area contributed by atoms with Crippen LogP contribution < -0.4 is 5.31 Å². The summed E-state index contributed by atoms with van der Waals surface area (Å²) in [4.78, 5) is 10.1. The van der Waals surface area contributed by atoms with E-state index in [4.69, 9.17) is 1.41 Å². The predicted octanol–water partition coefficient (Wildman–Crippen LogP) is 0.142. The molecule has 0 aromatic carbocycles. The first-order chi connectivity index (χ1) is 3.18. The Kier molecular flexibility index (Phi) is 1.64. The second-order valence-electron chi connectivity index (χ2n) is 0.993. The summed E-state index contributed by atoms with van der Waals surface area (Å²) in [6.07, 6.45) is 0. The van der Waals surface area contributed by atoms with Crippen LogP contribution in [0.3, 0.4) is 0 Å². The molecule has 2 heteroatoms. The fourth-order valence-corrected chi connectivity index (χ4v) is 0.223. The molecule has 1 N–H and O–H groups in total. The van der Waals surface area contributed by atoms with Gasteiger partial charge in [0.15, 0.2) is 1.41 Å². The van der Waals surface area contributed by atoms with Gasteiger partial charge in [-0.05, 0) is 6.92 Å². The van der Waals surface area contributed by atoms with Crippen molar-refractivity contribution in [2.24, 2.45) is 0 Å². The lowest BCUT2D eigenvalue weighted by atomic mass is 10.6. The molecule has 0 fully saturated rings. The van der Waals surface area contributed by atoms with Crippen LogP contribution in [-0.4, -0.2) is 12.5 Å². The zero-order valence-corrected chi connectivity index (χ0v) is 4.06. The Morgan fingerprint density at radius 1 is 2.17 bits per heavy atom. The monoisotopic (exact) mass is 88.1 g/mol. The third-order valence-corrected chi connectivity index (χ3v) is 0.381. The van der Waals surface area contributed by atoms with Crippen LogP contribution in [0, 0.1) is 0 Å². The van der Waals surface area contributed by atoms with Gasteiger partial charge in [-0.3, -0.25) is 4.79 Å². The van der Waals surface area contributed by atoms with Crippen LogP contribution in [0.1, 0.15) is 13.8 Å². The molecule has 0 saturated carbocycles. The maximum absolute atomic E-state index is 10.1. The maximum atomic E-state index is 10.1. The van der Waals surface area contributed by atoms with Crippen LogP contribution in [0.4, 0.5) is 0 Å². The molecule has 0 aliphatic heterocycles. The average Bonchev–Trinajstić information content (AvgIpc) is 1.65. The van der Waals surface area contributed by atoms with Crippen LogP contribution in [0.2, 0.25) is 1.41 Å². The molecule has 0 bridgehead atoms. The summed E-state index contributed by atoms with van der Waals surface area (Å²) in [5.74, 6) is -0.206. The fraction of sp³-hybridized carbons (Fsp3) is 0.750. The molecular weight excluding hydrogens is 78.0 g/mol. The number of rotatable bonds is 1. The van der Waals surface area contributed by atoms with Crippen LogP contribution in [0.5, 0.6) is 0 Å². The second kappa shape index (κ2) is 2.69. The van der Waals surface area contributed by atoms with Gasteiger partial charge in [0, 0.05) is 13.5 Å². The molecular formula is C4H9NO. The van der Waals surface area contributed by atoms with Crippen molar-refractivity contribution in [2.75, 3.05) is 6.54 Å². The van der Waals surface area contributed by atoms with E-state index in [9.17, 15) is 4.79 Å². The summed E-state index contributed by atoms with van der Waals surface area (Å²) in [5.41, 5.74) is 0. The molecule has 0 radical (unpaired) electrons. The van der Waals surface area contributed by atoms with Gasteiger partial charge in [-0.1, -0.05) is 0 Å². The minimum Gasteiger partial charge on any atom is -0.357 e. The highest BCUT2D eigenvalue weighted by molar-refractivity contribution is 5.72. The molecule has 0 atom stereocenters. The Balaban J connectivity index is 3.34. The Morgan fingerprint density at radius 3 is 2.67 bits per heavy atom. The lowest BCUT2D eigenvalue weighted by molar-refractivity contribution is -0.118. The smallest absolute Gasteiger partial charge is 0.216 e. The van der Waals surface area contributed by atoms with Crippen molar-refractivity contribution in [3.63, 3.8) is 0 Å². The third-order valence-electron chi connectivity index (χ3n) is 0.381. The van der Waals surface area contributed by atoms with E-state index in [-0.39, 0.29) is 5.91 Å². The largest absolute Gasteiger partial charge is 0.357 e. The number of hydrogen-bond donors (Lipinski definition) is 1. The van der Waals surface area contributed by atoms with Crippen molar-refractivity contribution in [3.05, 3.63) is 0 Å². The third kappa shape index (κ3) is 3.47. The molecule has 36 valence electrons. The van der Waals surface area contributed by atoms with E-state index in [0.717, 1.165) is 5.31 Å². The van der Waals surface area contributed by atoms with Crippen LogP contribution in [0.25, 0.3) is 0 Å². The summed E-state index contributed by atoms with van der Waals surface area (Å²) in [7, 11) is 0. The lowest BCUT2D eigenvalue weighted by Gasteiger charge is -1.88. The lowest BCUT2D eigenvalue weighted by Crippen LogP contribution is -2.18. The molecule has 0 rings (SSSR count). The quantitative estimate of drug-likeness (QED) is 0.485. The van der Waals surface area contributed by atoms with Gasteiger partial charge in [0.25, 0.3) is 0 Å². The fourth-order valence-electron chi connectivity index (χ4n) is 0.223. The van der Waals surface area contributed by atoms with Gasteiger partial charge in [-0.15, -0.1) is 0 Å². The van der Waals surface area contributed by atoms with Gasteiger partial charge in [0.2, 0.25) is 5.91 Å². The first-order valence-electron chi connectivity index (χ1n) is 2.40. The van der Waals surface area contributed by atoms with Gasteiger partial charge < -0.3 is 5.31 Å². The van der Waals surface area contributed by atoms with E-state index in [2.05, 4.69) is 0 Å². The van der Waals surface area contributed by atoms with Crippen LogP contribution in [-0.2, 0) is 4.79 Å². The number of carbonyl (C=O) groups is 1. The number of carbonyl (C=O) groups excluding carboxylic acids is 1. The molecule has 0 aromatic heterocycles. The zero-order valence-electron chi connectivity index (χ0n) is 5.06. The Morgan fingerprint density at radius 2 is 2.67 bits per heavy atom. The van der Waals surface area contributed by atoms with E-state index >= 15 is 0 Å². The normalized spacial score (nSPS) is 10.0.